The van der Waals surface area contributed by atoms with Gasteiger partial charge in [0.15, 0.2) is 0 Å². The van der Waals surface area contributed by atoms with Gasteiger partial charge in [-0.3, -0.25) is 9.63 Å². The van der Waals surface area contributed by atoms with Crippen molar-refractivity contribution in [1.29, 1.82) is 0 Å². The van der Waals surface area contributed by atoms with Gasteiger partial charge in [0.05, 0.1) is 13.7 Å². The summed E-state index contributed by atoms with van der Waals surface area (Å²) < 4.78 is 4.94. The van der Waals surface area contributed by atoms with E-state index in [4.69, 9.17) is 4.74 Å². The fourth-order valence-electron chi connectivity index (χ4n) is 0.723. The molecule has 10 heavy (non-hydrogen) atoms. The van der Waals surface area contributed by atoms with E-state index in [1.54, 1.807) is 7.05 Å². The quantitative estimate of drug-likeness (QED) is 0.505. The summed E-state index contributed by atoms with van der Waals surface area (Å²) in [7, 11) is 3.03. The molecular formula is C6H11NO3. The predicted molar refractivity (Wildman–Crippen MR) is 34.1 cm³/mol. The average molecular weight is 145 g/mol. The van der Waals surface area contributed by atoms with E-state index < -0.39 is 0 Å². The molecule has 1 aliphatic rings. The zero-order chi connectivity index (χ0) is 7.56. The van der Waals surface area contributed by atoms with Crippen molar-refractivity contribution < 1.29 is 14.4 Å². The van der Waals surface area contributed by atoms with Crippen molar-refractivity contribution in [2.75, 3.05) is 20.8 Å². The maximum Gasteiger partial charge on any atom is 0.275 e. The fraction of sp³-hybridized carbons (Fsp3) is 0.833. The molecule has 1 amide bonds. The smallest absolute Gasteiger partial charge is 0.275 e. The molecule has 1 rings (SSSR count). The maximum atomic E-state index is 11.0. The van der Waals surface area contributed by atoms with Crippen molar-refractivity contribution in [3.05, 3.63) is 0 Å². The van der Waals surface area contributed by atoms with Crippen LogP contribution in [-0.4, -0.2) is 37.8 Å². The summed E-state index contributed by atoms with van der Waals surface area (Å²) >= 11 is 0. The van der Waals surface area contributed by atoms with Crippen LogP contribution >= 0.6 is 0 Å². The Morgan fingerprint density at radius 1 is 1.80 bits per heavy atom. The molecule has 58 valence electrons. The van der Waals surface area contributed by atoms with Crippen LogP contribution in [0.25, 0.3) is 0 Å². The van der Waals surface area contributed by atoms with Gasteiger partial charge in [0.1, 0.15) is 6.10 Å². The molecule has 0 aromatic heterocycles. The van der Waals surface area contributed by atoms with Crippen molar-refractivity contribution in [3.8, 4) is 0 Å². The van der Waals surface area contributed by atoms with E-state index in [1.165, 1.54) is 12.2 Å². The lowest BCUT2D eigenvalue weighted by atomic mass is 10.2. The lowest BCUT2D eigenvalue weighted by molar-refractivity contribution is -0.191. The van der Waals surface area contributed by atoms with Gasteiger partial charge >= 0.3 is 0 Å². The van der Waals surface area contributed by atoms with Crippen LogP contribution in [0.2, 0.25) is 0 Å². The second-order valence-electron chi connectivity index (χ2n) is 2.17. The third kappa shape index (κ3) is 1.27. The molecule has 0 spiro atoms. The SMILES string of the molecule is CON(C)C(=O)C1CCO1. The van der Waals surface area contributed by atoms with Crippen molar-refractivity contribution in [2.45, 2.75) is 12.5 Å². The van der Waals surface area contributed by atoms with E-state index >= 15 is 0 Å². The first kappa shape index (κ1) is 7.50. The molecule has 0 saturated carbocycles. The Hall–Kier alpha value is -0.610. The number of rotatable bonds is 2. The Morgan fingerprint density at radius 2 is 2.40 bits per heavy atom. The lowest BCUT2D eigenvalue weighted by Gasteiger charge is -2.28. The third-order valence-corrected chi connectivity index (χ3v) is 1.56. The Bertz CT molecular complexity index is 126. The van der Waals surface area contributed by atoms with E-state index in [0.717, 1.165) is 6.42 Å². The first-order valence-corrected chi connectivity index (χ1v) is 3.19. The highest BCUT2D eigenvalue weighted by atomic mass is 16.7. The maximum absolute atomic E-state index is 11.0. The molecule has 0 aromatic carbocycles. The van der Waals surface area contributed by atoms with Crippen molar-refractivity contribution in [2.24, 2.45) is 0 Å². The zero-order valence-corrected chi connectivity index (χ0v) is 6.16. The molecule has 1 unspecified atom stereocenters. The molecule has 1 atom stereocenters. The van der Waals surface area contributed by atoms with Crippen LogP contribution < -0.4 is 0 Å². The van der Waals surface area contributed by atoms with Gasteiger partial charge < -0.3 is 4.74 Å². The lowest BCUT2D eigenvalue weighted by Crippen LogP contribution is -2.43. The summed E-state index contributed by atoms with van der Waals surface area (Å²) in [5.74, 6) is -0.103. The molecule has 0 radical (unpaired) electrons. The molecule has 0 bridgehead atoms. The molecule has 1 fully saturated rings. The van der Waals surface area contributed by atoms with E-state index in [0.29, 0.717) is 6.61 Å². The monoisotopic (exact) mass is 145 g/mol. The van der Waals surface area contributed by atoms with Crippen molar-refractivity contribution in [1.82, 2.24) is 5.06 Å². The Kier molecular flexibility index (Phi) is 2.24. The highest BCUT2D eigenvalue weighted by Crippen LogP contribution is 2.12. The fourth-order valence-corrected chi connectivity index (χ4v) is 0.723. The first-order chi connectivity index (χ1) is 4.75. The predicted octanol–water partition coefficient (Wildman–Crippen LogP) is -0.205. The highest BCUT2D eigenvalue weighted by molar-refractivity contribution is 5.80. The molecule has 0 aliphatic carbocycles. The summed E-state index contributed by atoms with van der Waals surface area (Å²) in [4.78, 5) is 15.7. The average Bonchev–Trinajstić information content (AvgIpc) is 1.82. The van der Waals surface area contributed by atoms with Gasteiger partial charge in [-0.2, -0.15) is 0 Å². The molecule has 1 aliphatic heterocycles. The molecule has 4 nitrogen and oxygen atoms in total. The topological polar surface area (TPSA) is 38.8 Å². The van der Waals surface area contributed by atoms with Gasteiger partial charge in [-0.15, -0.1) is 0 Å². The van der Waals surface area contributed by atoms with Gasteiger partial charge in [0.25, 0.3) is 5.91 Å². The number of nitrogens with zero attached hydrogens (tertiary/aromatic N) is 1. The number of hydroxylamine groups is 2. The summed E-state index contributed by atoms with van der Waals surface area (Å²) in [6.07, 6.45) is 0.553. The van der Waals surface area contributed by atoms with Crippen LogP contribution in [0, 0.1) is 0 Å². The summed E-state index contributed by atoms with van der Waals surface area (Å²) in [5.41, 5.74) is 0. The van der Waals surface area contributed by atoms with Gasteiger partial charge in [-0.25, -0.2) is 5.06 Å². The summed E-state index contributed by atoms with van der Waals surface area (Å²) in [6, 6.07) is 0. The van der Waals surface area contributed by atoms with Gasteiger partial charge in [0.2, 0.25) is 0 Å². The standard InChI is InChI=1S/C6H11NO3/c1-7(9-2)6(8)5-3-4-10-5/h5H,3-4H2,1-2H3. The third-order valence-electron chi connectivity index (χ3n) is 1.56. The highest BCUT2D eigenvalue weighted by Gasteiger charge is 2.28. The van der Waals surface area contributed by atoms with Crippen LogP contribution in [0.5, 0.6) is 0 Å². The normalized spacial score (nSPS) is 23.6. The van der Waals surface area contributed by atoms with Gasteiger partial charge in [-0.1, -0.05) is 0 Å². The molecule has 0 aromatic rings. The molecule has 1 saturated heterocycles. The zero-order valence-electron chi connectivity index (χ0n) is 6.16. The minimum atomic E-state index is -0.259. The summed E-state index contributed by atoms with van der Waals surface area (Å²) in [6.45, 7) is 0.688. The minimum Gasteiger partial charge on any atom is -0.368 e. The summed E-state index contributed by atoms with van der Waals surface area (Å²) in [5, 5.41) is 1.18. The van der Waals surface area contributed by atoms with Crippen LogP contribution in [0.4, 0.5) is 0 Å². The van der Waals surface area contributed by atoms with Gasteiger partial charge in [-0.05, 0) is 0 Å². The van der Waals surface area contributed by atoms with Crippen molar-refractivity contribution >= 4 is 5.91 Å². The van der Waals surface area contributed by atoms with Crippen molar-refractivity contribution in [3.63, 3.8) is 0 Å². The number of hydrogen-bond donors (Lipinski definition) is 0. The van der Waals surface area contributed by atoms with Crippen LogP contribution in [-0.2, 0) is 14.4 Å². The number of hydrogen-bond acceptors (Lipinski definition) is 3. The van der Waals surface area contributed by atoms with E-state index in [9.17, 15) is 4.79 Å². The Morgan fingerprint density at radius 3 is 2.70 bits per heavy atom. The molecule has 1 heterocycles. The van der Waals surface area contributed by atoms with Gasteiger partial charge in [0, 0.05) is 13.5 Å². The van der Waals surface area contributed by atoms with E-state index in [-0.39, 0.29) is 12.0 Å². The second kappa shape index (κ2) is 2.98. The molecule has 4 heteroatoms. The second-order valence-corrected chi connectivity index (χ2v) is 2.17. The number of ether oxygens (including phenoxy) is 1. The van der Waals surface area contributed by atoms with Crippen LogP contribution in [0.1, 0.15) is 6.42 Å². The Balaban J connectivity index is 2.32. The number of amides is 1. The van der Waals surface area contributed by atoms with Crippen LogP contribution in [0.15, 0.2) is 0 Å². The van der Waals surface area contributed by atoms with Crippen LogP contribution in [0.3, 0.4) is 0 Å². The minimum absolute atomic E-state index is 0.103. The van der Waals surface area contributed by atoms with E-state index in [1.807, 2.05) is 0 Å². The number of carbonyl (C=O) groups excluding carboxylic acids is 1. The number of likely N-dealkylation sites (N-methyl/N-ethyl adjacent to an activating group) is 1. The molecule has 0 N–H and O–H groups in total. The first-order valence-electron chi connectivity index (χ1n) is 3.19. The largest absolute Gasteiger partial charge is 0.368 e. The number of carbonyl (C=O) groups is 1. The van der Waals surface area contributed by atoms with E-state index in [2.05, 4.69) is 4.84 Å². The Labute approximate surface area is 59.7 Å². The molecular weight excluding hydrogens is 134 g/mol.